The van der Waals surface area contributed by atoms with Gasteiger partial charge in [-0.25, -0.2) is 0 Å². The van der Waals surface area contributed by atoms with Gasteiger partial charge in [0.25, 0.3) is 0 Å². The zero-order valence-electron chi connectivity index (χ0n) is 7.19. The highest BCUT2D eigenvalue weighted by molar-refractivity contribution is 6.27. The van der Waals surface area contributed by atoms with Crippen molar-refractivity contribution in [2.75, 3.05) is 5.88 Å². The molecule has 0 rings (SSSR count). The molecular formula is C8H16ClNO. The lowest BCUT2D eigenvalue weighted by molar-refractivity contribution is -0.119. The minimum atomic E-state index is -0.0738. The molecule has 0 spiro atoms. The first-order valence-electron chi connectivity index (χ1n) is 4.06. The molecule has 0 aromatic rings. The van der Waals surface area contributed by atoms with Gasteiger partial charge in [0, 0.05) is 6.04 Å². The zero-order valence-corrected chi connectivity index (χ0v) is 7.95. The molecular weight excluding hydrogens is 162 g/mol. The van der Waals surface area contributed by atoms with Crippen LogP contribution in [0, 0.1) is 0 Å². The van der Waals surface area contributed by atoms with Crippen LogP contribution in [0.25, 0.3) is 0 Å². The summed E-state index contributed by atoms with van der Waals surface area (Å²) >= 11 is 5.32. The van der Waals surface area contributed by atoms with E-state index in [0.717, 1.165) is 12.8 Å². The highest BCUT2D eigenvalue weighted by Gasteiger charge is 2.03. The standard InChI is InChI=1S/C8H16ClNO/c1-3-4-5-7(2)10-8(11)6-9/h7H,3-6H2,1-2H3,(H,10,11). The molecule has 66 valence electrons. The summed E-state index contributed by atoms with van der Waals surface area (Å²) in [5, 5.41) is 2.79. The Morgan fingerprint density at radius 3 is 2.73 bits per heavy atom. The number of alkyl halides is 1. The lowest BCUT2D eigenvalue weighted by Crippen LogP contribution is -2.33. The molecule has 0 aliphatic carbocycles. The molecule has 1 unspecified atom stereocenters. The number of halogens is 1. The fraction of sp³-hybridized carbons (Fsp3) is 0.875. The van der Waals surface area contributed by atoms with E-state index in [1.54, 1.807) is 0 Å². The Morgan fingerprint density at radius 1 is 1.64 bits per heavy atom. The van der Waals surface area contributed by atoms with Crippen LogP contribution in [0.4, 0.5) is 0 Å². The van der Waals surface area contributed by atoms with Crippen LogP contribution in [0.3, 0.4) is 0 Å². The number of unbranched alkanes of at least 4 members (excludes halogenated alkanes) is 1. The molecule has 0 bridgehead atoms. The molecule has 0 fully saturated rings. The van der Waals surface area contributed by atoms with Crippen molar-refractivity contribution < 1.29 is 4.79 Å². The van der Waals surface area contributed by atoms with E-state index >= 15 is 0 Å². The second kappa shape index (κ2) is 6.47. The Kier molecular flexibility index (Phi) is 6.33. The fourth-order valence-electron chi connectivity index (χ4n) is 0.896. The second-order valence-electron chi connectivity index (χ2n) is 2.74. The Balaban J connectivity index is 3.35. The quantitative estimate of drug-likeness (QED) is 0.639. The normalized spacial score (nSPS) is 12.6. The Bertz CT molecular complexity index is 117. The number of carbonyl (C=O) groups excluding carboxylic acids is 1. The van der Waals surface area contributed by atoms with Crippen LogP contribution < -0.4 is 5.32 Å². The summed E-state index contributed by atoms with van der Waals surface area (Å²) in [7, 11) is 0. The van der Waals surface area contributed by atoms with E-state index in [0.29, 0.717) is 0 Å². The maximum atomic E-state index is 10.7. The SMILES string of the molecule is CCCCC(C)NC(=O)CCl. The van der Waals surface area contributed by atoms with Gasteiger partial charge >= 0.3 is 0 Å². The van der Waals surface area contributed by atoms with Crippen molar-refractivity contribution in [3.63, 3.8) is 0 Å². The van der Waals surface area contributed by atoms with E-state index in [2.05, 4.69) is 12.2 Å². The van der Waals surface area contributed by atoms with Gasteiger partial charge in [-0.05, 0) is 13.3 Å². The van der Waals surface area contributed by atoms with Gasteiger partial charge in [0.05, 0.1) is 0 Å². The molecule has 2 nitrogen and oxygen atoms in total. The molecule has 1 N–H and O–H groups in total. The van der Waals surface area contributed by atoms with Crippen LogP contribution in [0.15, 0.2) is 0 Å². The molecule has 3 heteroatoms. The highest BCUT2D eigenvalue weighted by Crippen LogP contribution is 1.98. The predicted octanol–water partition coefficient (Wildman–Crippen LogP) is 1.92. The third-order valence-electron chi connectivity index (χ3n) is 1.52. The fourth-order valence-corrected chi connectivity index (χ4v) is 0.973. The number of hydrogen-bond acceptors (Lipinski definition) is 1. The maximum absolute atomic E-state index is 10.7. The van der Waals surface area contributed by atoms with Gasteiger partial charge in [0.2, 0.25) is 5.91 Å². The summed E-state index contributed by atoms with van der Waals surface area (Å²) in [6.45, 7) is 4.14. The zero-order chi connectivity index (χ0) is 8.69. The molecule has 11 heavy (non-hydrogen) atoms. The largest absolute Gasteiger partial charge is 0.353 e. The van der Waals surface area contributed by atoms with Gasteiger partial charge < -0.3 is 5.32 Å². The van der Waals surface area contributed by atoms with Gasteiger partial charge in [-0.3, -0.25) is 4.79 Å². The van der Waals surface area contributed by atoms with Gasteiger partial charge in [0.15, 0.2) is 0 Å². The van der Waals surface area contributed by atoms with Crippen molar-refractivity contribution in [3.05, 3.63) is 0 Å². The molecule has 0 radical (unpaired) electrons. The van der Waals surface area contributed by atoms with Crippen molar-refractivity contribution in [1.29, 1.82) is 0 Å². The molecule has 1 atom stereocenters. The van der Waals surface area contributed by atoms with Crippen molar-refractivity contribution in [3.8, 4) is 0 Å². The molecule has 1 amide bonds. The van der Waals surface area contributed by atoms with E-state index < -0.39 is 0 Å². The van der Waals surface area contributed by atoms with Crippen LogP contribution in [0.2, 0.25) is 0 Å². The van der Waals surface area contributed by atoms with Crippen LogP contribution in [0.5, 0.6) is 0 Å². The van der Waals surface area contributed by atoms with Crippen LogP contribution in [0.1, 0.15) is 33.1 Å². The van der Waals surface area contributed by atoms with E-state index in [1.807, 2.05) is 6.92 Å². The third kappa shape index (κ3) is 6.17. The van der Waals surface area contributed by atoms with Crippen LogP contribution in [-0.2, 0) is 4.79 Å². The second-order valence-corrected chi connectivity index (χ2v) is 3.01. The average molecular weight is 178 g/mol. The first-order chi connectivity index (χ1) is 5.20. The summed E-state index contributed by atoms with van der Waals surface area (Å²) in [5.74, 6) is -0.00789. The van der Waals surface area contributed by atoms with Crippen LogP contribution in [-0.4, -0.2) is 17.8 Å². The van der Waals surface area contributed by atoms with Crippen molar-refractivity contribution >= 4 is 17.5 Å². The topological polar surface area (TPSA) is 29.1 Å². The minimum Gasteiger partial charge on any atom is -0.353 e. The van der Waals surface area contributed by atoms with E-state index in [-0.39, 0.29) is 17.8 Å². The number of carbonyl (C=O) groups is 1. The molecule has 0 heterocycles. The van der Waals surface area contributed by atoms with Crippen LogP contribution >= 0.6 is 11.6 Å². The van der Waals surface area contributed by atoms with Gasteiger partial charge in [0.1, 0.15) is 5.88 Å². The third-order valence-corrected chi connectivity index (χ3v) is 1.76. The first-order valence-corrected chi connectivity index (χ1v) is 4.59. The van der Waals surface area contributed by atoms with Crippen molar-refractivity contribution in [2.24, 2.45) is 0 Å². The van der Waals surface area contributed by atoms with Gasteiger partial charge in [-0.15, -0.1) is 11.6 Å². The average Bonchev–Trinajstić information content (AvgIpc) is 2.00. The lowest BCUT2D eigenvalue weighted by Gasteiger charge is -2.11. The molecule has 0 saturated carbocycles. The van der Waals surface area contributed by atoms with Crippen molar-refractivity contribution in [1.82, 2.24) is 5.32 Å². The molecule has 0 aliphatic rings. The van der Waals surface area contributed by atoms with Gasteiger partial charge in [-0.2, -0.15) is 0 Å². The maximum Gasteiger partial charge on any atom is 0.235 e. The predicted molar refractivity (Wildman–Crippen MR) is 47.8 cm³/mol. The number of rotatable bonds is 5. The Labute approximate surface area is 73.3 Å². The van der Waals surface area contributed by atoms with E-state index in [4.69, 9.17) is 11.6 Å². The minimum absolute atomic E-state index is 0.0659. The first kappa shape index (κ1) is 10.8. The van der Waals surface area contributed by atoms with E-state index in [9.17, 15) is 4.79 Å². The van der Waals surface area contributed by atoms with Crippen molar-refractivity contribution in [2.45, 2.75) is 39.2 Å². The molecule has 0 saturated heterocycles. The Morgan fingerprint density at radius 2 is 2.27 bits per heavy atom. The number of nitrogens with one attached hydrogen (secondary N) is 1. The smallest absolute Gasteiger partial charge is 0.235 e. The lowest BCUT2D eigenvalue weighted by atomic mass is 10.1. The van der Waals surface area contributed by atoms with E-state index in [1.165, 1.54) is 6.42 Å². The number of hydrogen-bond donors (Lipinski definition) is 1. The monoisotopic (exact) mass is 177 g/mol. The number of amides is 1. The Hall–Kier alpha value is -0.240. The summed E-state index contributed by atoms with van der Waals surface area (Å²) < 4.78 is 0. The molecule has 0 aliphatic heterocycles. The summed E-state index contributed by atoms with van der Waals surface area (Å²) in [6.07, 6.45) is 3.37. The highest BCUT2D eigenvalue weighted by atomic mass is 35.5. The summed E-state index contributed by atoms with van der Waals surface area (Å²) in [6, 6.07) is 0.265. The summed E-state index contributed by atoms with van der Waals surface area (Å²) in [5.41, 5.74) is 0. The molecule has 0 aromatic heterocycles. The molecule has 0 aromatic carbocycles. The summed E-state index contributed by atoms with van der Waals surface area (Å²) in [4.78, 5) is 10.7. The van der Waals surface area contributed by atoms with Gasteiger partial charge in [-0.1, -0.05) is 19.8 Å².